The lowest BCUT2D eigenvalue weighted by Crippen LogP contribution is -2.41. The van der Waals surface area contributed by atoms with E-state index in [-0.39, 0.29) is 23.5 Å². The summed E-state index contributed by atoms with van der Waals surface area (Å²) >= 11 is 0. The molecule has 2 heterocycles. The fourth-order valence-electron chi connectivity index (χ4n) is 2.36. The van der Waals surface area contributed by atoms with Crippen LogP contribution in [0, 0.1) is 5.82 Å². The molecule has 21 heavy (non-hydrogen) atoms. The van der Waals surface area contributed by atoms with E-state index in [0.29, 0.717) is 6.54 Å². The molecule has 6 heteroatoms. The summed E-state index contributed by atoms with van der Waals surface area (Å²) in [6, 6.07) is 1.25. The van der Waals surface area contributed by atoms with E-state index in [0.717, 1.165) is 25.9 Å². The number of amides is 1. The monoisotopic (exact) mass is 295 g/mol. The van der Waals surface area contributed by atoms with Gasteiger partial charge in [-0.3, -0.25) is 4.79 Å². The number of rotatable bonds is 6. The molecule has 0 saturated carbocycles. The molecule has 1 saturated heterocycles. The van der Waals surface area contributed by atoms with Gasteiger partial charge in [-0.25, -0.2) is 9.37 Å². The summed E-state index contributed by atoms with van der Waals surface area (Å²) in [5.74, 6) is -0.922. The van der Waals surface area contributed by atoms with Crippen LogP contribution in [0.25, 0.3) is 0 Å². The van der Waals surface area contributed by atoms with Crippen molar-refractivity contribution in [1.29, 1.82) is 0 Å². The predicted octanol–water partition coefficient (Wildman–Crippen LogP) is 2.34. The lowest BCUT2D eigenvalue weighted by Gasteiger charge is -2.20. The third kappa shape index (κ3) is 3.91. The number of carbonyl (C=O) groups is 1. The van der Waals surface area contributed by atoms with E-state index in [1.807, 2.05) is 13.8 Å². The third-order valence-electron chi connectivity index (χ3n) is 3.56. The van der Waals surface area contributed by atoms with Crippen LogP contribution >= 0.6 is 0 Å². The minimum absolute atomic E-state index is 0.00782. The Bertz CT molecular complexity index is 490. The molecule has 0 bridgehead atoms. The van der Waals surface area contributed by atoms with Crippen molar-refractivity contribution in [2.24, 2.45) is 0 Å². The van der Waals surface area contributed by atoms with Crippen molar-refractivity contribution in [2.75, 3.05) is 18.5 Å². The molecule has 1 aliphatic rings. The van der Waals surface area contributed by atoms with Gasteiger partial charge in [-0.05, 0) is 32.3 Å². The number of pyridine rings is 1. The highest BCUT2D eigenvalue weighted by Crippen LogP contribution is 2.18. The van der Waals surface area contributed by atoms with Crippen LogP contribution in [0.4, 0.5) is 10.2 Å². The minimum atomic E-state index is -0.608. The molecule has 1 aromatic heterocycles. The molecule has 2 atom stereocenters. The van der Waals surface area contributed by atoms with Gasteiger partial charge >= 0.3 is 0 Å². The van der Waals surface area contributed by atoms with Gasteiger partial charge in [-0.15, -0.1) is 0 Å². The average Bonchev–Trinajstić information content (AvgIpc) is 3.00. The zero-order valence-electron chi connectivity index (χ0n) is 12.5. The average molecular weight is 295 g/mol. The van der Waals surface area contributed by atoms with Gasteiger partial charge < -0.3 is 15.4 Å². The molecular weight excluding hydrogens is 273 g/mol. The van der Waals surface area contributed by atoms with Crippen molar-refractivity contribution < 1.29 is 13.9 Å². The second kappa shape index (κ2) is 7.36. The molecule has 1 aromatic rings. The summed E-state index contributed by atoms with van der Waals surface area (Å²) in [5, 5.41) is 5.68. The van der Waals surface area contributed by atoms with Crippen LogP contribution < -0.4 is 10.6 Å². The van der Waals surface area contributed by atoms with Crippen LogP contribution in [-0.4, -0.2) is 36.2 Å². The molecule has 116 valence electrons. The number of hydrogen-bond donors (Lipinski definition) is 2. The maximum absolute atomic E-state index is 14.3. The summed E-state index contributed by atoms with van der Waals surface area (Å²) in [4.78, 5) is 16.1. The quantitative estimate of drug-likeness (QED) is 0.845. The fourth-order valence-corrected chi connectivity index (χ4v) is 2.36. The Morgan fingerprint density at radius 1 is 1.62 bits per heavy atom. The molecule has 1 fully saturated rings. The highest BCUT2D eigenvalue weighted by atomic mass is 19.1. The number of aromatic nitrogens is 1. The smallest absolute Gasteiger partial charge is 0.254 e. The molecule has 0 spiro atoms. The van der Waals surface area contributed by atoms with Gasteiger partial charge in [-0.1, -0.05) is 6.92 Å². The normalized spacial score (nSPS) is 19.3. The maximum atomic E-state index is 14.3. The first-order valence-electron chi connectivity index (χ1n) is 7.44. The van der Waals surface area contributed by atoms with E-state index in [4.69, 9.17) is 4.74 Å². The Kier molecular flexibility index (Phi) is 5.50. The molecule has 1 amide bonds. The molecule has 2 rings (SSSR count). The molecule has 1 aliphatic heterocycles. The summed E-state index contributed by atoms with van der Waals surface area (Å²) in [6.45, 7) is 5.19. The Morgan fingerprint density at radius 3 is 3.10 bits per heavy atom. The van der Waals surface area contributed by atoms with E-state index < -0.39 is 11.7 Å². The number of hydrogen-bond acceptors (Lipinski definition) is 4. The van der Waals surface area contributed by atoms with Crippen molar-refractivity contribution >= 4 is 11.7 Å². The molecule has 2 N–H and O–H groups in total. The fraction of sp³-hybridized carbons (Fsp3) is 0.600. The molecule has 0 aromatic carbocycles. The highest BCUT2D eigenvalue weighted by molar-refractivity contribution is 5.95. The Hall–Kier alpha value is -1.69. The lowest BCUT2D eigenvalue weighted by molar-refractivity contribution is 0.0710. The van der Waals surface area contributed by atoms with E-state index in [2.05, 4.69) is 15.6 Å². The van der Waals surface area contributed by atoms with Gasteiger partial charge in [0.25, 0.3) is 5.91 Å². The first kappa shape index (κ1) is 15.7. The third-order valence-corrected chi connectivity index (χ3v) is 3.56. The van der Waals surface area contributed by atoms with Crippen molar-refractivity contribution in [3.63, 3.8) is 0 Å². The SMILES string of the molecule is CCCNc1nccc(C(=O)NC(C)C2CCCO2)c1F. The Morgan fingerprint density at radius 2 is 2.43 bits per heavy atom. The topological polar surface area (TPSA) is 63.2 Å². The highest BCUT2D eigenvalue weighted by Gasteiger charge is 2.25. The first-order valence-corrected chi connectivity index (χ1v) is 7.44. The van der Waals surface area contributed by atoms with Crippen molar-refractivity contribution in [2.45, 2.75) is 45.3 Å². The number of nitrogens with zero attached hydrogens (tertiary/aromatic N) is 1. The summed E-state index contributed by atoms with van der Waals surface area (Å²) in [5.41, 5.74) is 0.00782. The largest absolute Gasteiger partial charge is 0.376 e. The Balaban J connectivity index is 2.04. The van der Waals surface area contributed by atoms with Gasteiger partial charge in [0.1, 0.15) is 0 Å². The van der Waals surface area contributed by atoms with Gasteiger partial charge in [-0.2, -0.15) is 0 Å². The second-order valence-electron chi connectivity index (χ2n) is 5.26. The predicted molar refractivity (Wildman–Crippen MR) is 78.9 cm³/mol. The first-order chi connectivity index (χ1) is 10.1. The van der Waals surface area contributed by atoms with Gasteiger partial charge in [0.05, 0.1) is 17.7 Å². The number of halogens is 1. The van der Waals surface area contributed by atoms with E-state index >= 15 is 0 Å². The van der Waals surface area contributed by atoms with Crippen LogP contribution in [0.5, 0.6) is 0 Å². The molecule has 0 radical (unpaired) electrons. The van der Waals surface area contributed by atoms with Crippen molar-refractivity contribution in [1.82, 2.24) is 10.3 Å². The van der Waals surface area contributed by atoms with Crippen molar-refractivity contribution in [3.8, 4) is 0 Å². The van der Waals surface area contributed by atoms with E-state index in [1.165, 1.54) is 12.3 Å². The number of ether oxygens (including phenoxy) is 1. The zero-order chi connectivity index (χ0) is 15.2. The van der Waals surface area contributed by atoms with Crippen LogP contribution in [0.3, 0.4) is 0 Å². The maximum Gasteiger partial charge on any atom is 0.254 e. The Labute approximate surface area is 124 Å². The summed E-state index contributed by atoms with van der Waals surface area (Å²) in [7, 11) is 0. The summed E-state index contributed by atoms with van der Waals surface area (Å²) in [6.07, 6.45) is 4.22. The lowest BCUT2D eigenvalue weighted by atomic mass is 10.1. The van der Waals surface area contributed by atoms with E-state index in [1.54, 1.807) is 0 Å². The molecule has 2 unspecified atom stereocenters. The zero-order valence-corrected chi connectivity index (χ0v) is 12.5. The number of carbonyl (C=O) groups excluding carboxylic acids is 1. The van der Waals surface area contributed by atoms with Crippen LogP contribution in [0.2, 0.25) is 0 Å². The van der Waals surface area contributed by atoms with Gasteiger partial charge in [0.2, 0.25) is 0 Å². The second-order valence-corrected chi connectivity index (χ2v) is 5.26. The van der Waals surface area contributed by atoms with E-state index in [9.17, 15) is 9.18 Å². The molecular formula is C15H22FN3O2. The summed E-state index contributed by atoms with van der Waals surface area (Å²) < 4.78 is 19.8. The van der Waals surface area contributed by atoms with Crippen LogP contribution in [0.1, 0.15) is 43.5 Å². The van der Waals surface area contributed by atoms with Crippen molar-refractivity contribution in [3.05, 3.63) is 23.6 Å². The van der Waals surface area contributed by atoms with Gasteiger partial charge in [0.15, 0.2) is 11.6 Å². The molecule has 0 aliphatic carbocycles. The van der Waals surface area contributed by atoms with Crippen LogP contribution in [-0.2, 0) is 4.74 Å². The minimum Gasteiger partial charge on any atom is -0.376 e. The molecule has 5 nitrogen and oxygen atoms in total. The van der Waals surface area contributed by atoms with Crippen LogP contribution in [0.15, 0.2) is 12.3 Å². The number of anilines is 1. The van der Waals surface area contributed by atoms with Gasteiger partial charge in [0, 0.05) is 19.3 Å². The standard InChI is InChI=1S/C15H22FN3O2/c1-3-7-17-14-13(16)11(6-8-18-14)15(20)19-10(2)12-5-4-9-21-12/h6,8,10,12H,3-5,7,9H2,1-2H3,(H,17,18)(H,19,20). The number of nitrogens with one attached hydrogen (secondary N) is 2.